The summed E-state index contributed by atoms with van der Waals surface area (Å²) >= 11 is 11.6. The topological polar surface area (TPSA) is 83.5 Å². The van der Waals surface area contributed by atoms with Crippen molar-refractivity contribution < 1.29 is 31.5 Å². The van der Waals surface area contributed by atoms with Gasteiger partial charge in [0.15, 0.2) is 9.84 Å². The zero-order chi connectivity index (χ0) is 18.2. The minimum absolute atomic E-state index is 0.266. The Labute approximate surface area is 140 Å². The number of rotatable bonds is 4. The lowest BCUT2D eigenvalue weighted by Crippen LogP contribution is -2.52. The van der Waals surface area contributed by atoms with Crippen molar-refractivity contribution in [2.75, 3.05) is 11.1 Å². The maximum atomic E-state index is 12.6. The van der Waals surface area contributed by atoms with Gasteiger partial charge in [-0.25, -0.2) is 8.42 Å². The molecule has 130 valence electrons. The van der Waals surface area contributed by atoms with Gasteiger partial charge in [-0.15, -0.1) is 0 Å². The van der Waals surface area contributed by atoms with E-state index in [1.54, 1.807) is 5.32 Å². The van der Waals surface area contributed by atoms with Crippen LogP contribution >= 0.6 is 23.2 Å². The third-order valence-electron chi connectivity index (χ3n) is 3.00. The highest BCUT2D eigenvalue weighted by Gasteiger charge is 2.55. The molecule has 1 amide bonds. The van der Waals surface area contributed by atoms with E-state index < -0.39 is 37.6 Å². The molecule has 0 aliphatic heterocycles. The van der Waals surface area contributed by atoms with Crippen LogP contribution in [0, 0.1) is 0 Å². The van der Waals surface area contributed by atoms with Crippen LogP contribution in [0.2, 0.25) is 10.0 Å². The molecule has 0 saturated carbocycles. The Morgan fingerprint density at radius 3 is 2.22 bits per heavy atom. The van der Waals surface area contributed by atoms with Crippen molar-refractivity contribution in [3.05, 3.63) is 22.2 Å². The maximum Gasteiger partial charge on any atom is 0.426 e. The summed E-state index contributed by atoms with van der Waals surface area (Å²) in [6.45, 7) is 1.64. The van der Waals surface area contributed by atoms with Gasteiger partial charge in [0.2, 0.25) is 5.60 Å². The summed E-state index contributed by atoms with van der Waals surface area (Å²) < 4.78 is 61.3. The minimum atomic E-state index is -5.21. The third kappa shape index (κ3) is 3.90. The first-order valence-electron chi connectivity index (χ1n) is 6.07. The second-order valence-electron chi connectivity index (χ2n) is 4.67. The molecule has 0 aliphatic carbocycles. The molecule has 5 nitrogen and oxygen atoms in total. The summed E-state index contributed by atoms with van der Waals surface area (Å²) in [6.07, 6.45) is -5.21. The average Bonchev–Trinajstić information content (AvgIpc) is 2.42. The van der Waals surface area contributed by atoms with Gasteiger partial charge in [0.1, 0.15) is 0 Å². The van der Waals surface area contributed by atoms with E-state index in [0.29, 0.717) is 0 Å². The average molecular weight is 394 g/mol. The van der Waals surface area contributed by atoms with Crippen LogP contribution in [0.25, 0.3) is 0 Å². The fraction of sp³-hybridized carbons (Fsp3) is 0.417. The molecule has 23 heavy (non-hydrogen) atoms. The monoisotopic (exact) mass is 393 g/mol. The lowest BCUT2D eigenvalue weighted by atomic mass is 10.1. The first-order chi connectivity index (χ1) is 10.3. The summed E-state index contributed by atoms with van der Waals surface area (Å²) in [5, 5.41) is 10.1. The number of alkyl halides is 3. The van der Waals surface area contributed by atoms with Crippen molar-refractivity contribution >= 4 is 44.6 Å². The lowest BCUT2D eigenvalue weighted by molar-refractivity contribution is -0.242. The number of benzene rings is 1. The first kappa shape index (κ1) is 20.0. The van der Waals surface area contributed by atoms with Crippen LogP contribution < -0.4 is 5.32 Å². The van der Waals surface area contributed by atoms with Crippen molar-refractivity contribution in [3.8, 4) is 0 Å². The number of hydrogen-bond donors (Lipinski definition) is 2. The number of anilines is 1. The quantitative estimate of drug-likeness (QED) is 0.823. The second-order valence-corrected chi connectivity index (χ2v) is 7.67. The molecule has 2 N–H and O–H groups in total. The number of amides is 1. The van der Waals surface area contributed by atoms with E-state index in [1.165, 1.54) is 6.92 Å². The molecule has 0 aromatic heterocycles. The fourth-order valence-electron chi connectivity index (χ4n) is 1.40. The second kappa shape index (κ2) is 6.46. The predicted molar refractivity (Wildman–Crippen MR) is 79.5 cm³/mol. The highest BCUT2D eigenvalue weighted by molar-refractivity contribution is 7.91. The van der Waals surface area contributed by atoms with Gasteiger partial charge < -0.3 is 10.4 Å². The Bertz CT molecular complexity index is 733. The number of aliphatic hydroxyl groups is 1. The zero-order valence-corrected chi connectivity index (χ0v) is 14.2. The standard InChI is InChI=1S/C12H12Cl2F3NO4S/c1-3-23(21,22)7-5-4-6(8(13)9(7)14)18-10(19)11(2,20)12(15,16)17/h4-5,20H,3H2,1-2H3,(H,18,19). The van der Waals surface area contributed by atoms with E-state index in [0.717, 1.165) is 12.1 Å². The van der Waals surface area contributed by atoms with Gasteiger partial charge in [-0.05, 0) is 19.1 Å². The van der Waals surface area contributed by atoms with Gasteiger partial charge in [-0.2, -0.15) is 13.2 Å². The number of halogens is 5. The van der Waals surface area contributed by atoms with Crippen LogP contribution in [-0.4, -0.2) is 37.0 Å². The van der Waals surface area contributed by atoms with Crippen molar-refractivity contribution in [1.29, 1.82) is 0 Å². The van der Waals surface area contributed by atoms with Crippen LogP contribution in [0.3, 0.4) is 0 Å². The van der Waals surface area contributed by atoms with Gasteiger partial charge in [-0.1, -0.05) is 30.1 Å². The number of nitrogens with one attached hydrogen (secondary N) is 1. The predicted octanol–water partition coefficient (Wildman–Crippen LogP) is 3.04. The van der Waals surface area contributed by atoms with E-state index in [2.05, 4.69) is 0 Å². The molecular formula is C12H12Cl2F3NO4S. The van der Waals surface area contributed by atoms with E-state index in [-0.39, 0.29) is 23.3 Å². The molecule has 1 aromatic rings. The number of sulfone groups is 1. The van der Waals surface area contributed by atoms with Crippen LogP contribution in [-0.2, 0) is 14.6 Å². The Hall–Kier alpha value is -1.03. The Kier molecular flexibility index (Phi) is 5.62. The van der Waals surface area contributed by atoms with Crippen molar-refractivity contribution in [2.24, 2.45) is 0 Å². The molecule has 0 heterocycles. The van der Waals surface area contributed by atoms with Crippen LogP contribution in [0.15, 0.2) is 17.0 Å². The highest BCUT2D eigenvalue weighted by Crippen LogP contribution is 2.37. The molecule has 0 fully saturated rings. The largest absolute Gasteiger partial charge is 0.426 e. The summed E-state index contributed by atoms with van der Waals surface area (Å²) in [6, 6.07) is 1.99. The molecule has 1 rings (SSSR count). The van der Waals surface area contributed by atoms with Gasteiger partial charge in [0.05, 0.1) is 26.4 Å². The number of carbonyl (C=O) groups is 1. The van der Waals surface area contributed by atoms with Crippen LogP contribution in [0.1, 0.15) is 13.8 Å². The third-order valence-corrected chi connectivity index (χ3v) is 5.77. The van der Waals surface area contributed by atoms with E-state index in [4.69, 9.17) is 23.2 Å². The molecule has 1 aromatic carbocycles. The lowest BCUT2D eigenvalue weighted by Gasteiger charge is -2.25. The summed E-state index contributed by atoms with van der Waals surface area (Å²) in [5.41, 5.74) is -4.02. The Balaban J connectivity index is 3.24. The number of carbonyl (C=O) groups excluding carboxylic acids is 1. The first-order valence-corrected chi connectivity index (χ1v) is 8.47. The zero-order valence-electron chi connectivity index (χ0n) is 11.8. The smallest absolute Gasteiger partial charge is 0.373 e. The molecular weight excluding hydrogens is 382 g/mol. The SMILES string of the molecule is CCS(=O)(=O)c1ccc(NC(=O)C(C)(O)C(F)(F)F)c(Cl)c1Cl. The van der Waals surface area contributed by atoms with Crippen LogP contribution in [0.5, 0.6) is 0 Å². The molecule has 11 heteroatoms. The van der Waals surface area contributed by atoms with E-state index in [9.17, 15) is 31.5 Å². The molecule has 0 radical (unpaired) electrons. The molecule has 0 saturated heterocycles. The van der Waals surface area contributed by atoms with Crippen molar-refractivity contribution in [1.82, 2.24) is 0 Å². The number of hydrogen-bond acceptors (Lipinski definition) is 4. The van der Waals surface area contributed by atoms with Crippen molar-refractivity contribution in [2.45, 2.75) is 30.5 Å². The van der Waals surface area contributed by atoms with Crippen LogP contribution in [0.4, 0.5) is 18.9 Å². The minimum Gasteiger partial charge on any atom is -0.373 e. The molecule has 0 spiro atoms. The molecule has 1 unspecified atom stereocenters. The maximum absolute atomic E-state index is 12.6. The van der Waals surface area contributed by atoms with Gasteiger partial charge in [-0.3, -0.25) is 4.79 Å². The van der Waals surface area contributed by atoms with Gasteiger partial charge in [0, 0.05) is 0 Å². The Morgan fingerprint density at radius 2 is 1.78 bits per heavy atom. The van der Waals surface area contributed by atoms with Crippen molar-refractivity contribution in [3.63, 3.8) is 0 Å². The molecule has 0 bridgehead atoms. The fourth-order valence-corrected chi connectivity index (χ4v) is 3.14. The summed E-state index contributed by atoms with van der Waals surface area (Å²) in [7, 11) is -3.71. The summed E-state index contributed by atoms with van der Waals surface area (Å²) in [4.78, 5) is 11.3. The molecule has 0 aliphatic rings. The normalized spacial score (nSPS) is 15.1. The van der Waals surface area contributed by atoms with E-state index in [1.807, 2.05) is 0 Å². The van der Waals surface area contributed by atoms with Gasteiger partial charge in [0.25, 0.3) is 5.91 Å². The summed E-state index contributed by atoms with van der Waals surface area (Å²) in [5.74, 6) is -2.05. The van der Waals surface area contributed by atoms with E-state index >= 15 is 0 Å². The molecule has 1 atom stereocenters. The highest BCUT2D eigenvalue weighted by atomic mass is 35.5. The van der Waals surface area contributed by atoms with Gasteiger partial charge >= 0.3 is 6.18 Å². The Morgan fingerprint density at radius 1 is 1.26 bits per heavy atom.